The molecule has 0 bridgehead atoms. The first-order chi connectivity index (χ1) is 38.9. The van der Waals surface area contributed by atoms with Crippen LogP contribution in [0.3, 0.4) is 0 Å². The van der Waals surface area contributed by atoms with E-state index in [9.17, 15) is 29.1 Å². The second-order valence-corrected chi connectivity index (χ2v) is 23.7. The van der Waals surface area contributed by atoms with Crippen molar-refractivity contribution in [2.24, 2.45) is 0 Å². The lowest BCUT2D eigenvalue weighted by Crippen LogP contribution is -2.62. The predicted octanol–water partition coefficient (Wildman–Crippen LogP) is 13.8. The van der Waals surface area contributed by atoms with E-state index in [0.717, 1.165) is 38.5 Å². The first-order valence-electron chi connectivity index (χ1n) is 31.0. The van der Waals surface area contributed by atoms with Gasteiger partial charge in [-0.05, 0) is 91.1 Å². The Labute approximate surface area is 487 Å². The molecule has 0 aromatic heterocycles. The molecule has 0 spiro atoms. The lowest BCUT2D eigenvalue weighted by atomic mass is 9.98. The van der Waals surface area contributed by atoms with E-state index in [2.05, 4.69) is 19.2 Å². The molecule has 1 saturated heterocycles. The number of nitrogens with one attached hydrogen (secondary N) is 1. The van der Waals surface area contributed by atoms with Crippen molar-refractivity contribution >= 4 is 29.8 Å². The van der Waals surface area contributed by atoms with E-state index in [-0.39, 0.29) is 31.1 Å². The van der Waals surface area contributed by atoms with Crippen molar-refractivity contribution in [3.8, 4) is 0 Å². The van der Waals surface area contributed by atoms with Crippen LogP contribution in [0.25, 0.3) is 0 Å². The van der Waals surface area contributed by atoms with Gasteiger partial charge in [0.05, 0.1) is 30.4 Å². The summed E-state index contributed by atoms with van der Waals surface area (Å²) in [4.78, 5) is 67.6. The zero-order chi connectivity index (χ0) is 59.1. The second kappa shape index (κ2) is 41.3. The van der Waals surface area contributed by atoms with E-state index >= 15 is 0 Å². The van der Waals surface area contributed by atoms with Gasteiger partial charge in [0.25, 0.3) is 0 Å². The summed E-state index contributed by atoms with van der Waals surface area (Å²) in [6.07, 6.45) is 24.6. The number of ether oxygens (including phenoxy) is 8. The van der Waals surface area contributed by atoms with Crippen molar-refractivity contribution < 1.29 is 67.0 Å². The van der Waals surface area contributed by atoms with Gasteiger partial charge in [-0.1, -0.05) is 198 Å². The van der Waals surface area contributed by atoms with E-state index in [4.69, 9.17) is 37.9 Å². The number of hydrogen-bond donors (Lipinski definition) is 2. The molecule has 1 aliphatic heterocycles. The highest BCUT2D eigenvalue weighted by atomic mass is 16.7. The number of benzene rings is 2. The van der Waals surface area contributed by atoms with E-state index in [0.29, 0.717) is 18.4 Å². The van der Waals surface area contributed by atoms with Crippen LogP contribution in [-0.4, -0.2) is 115 Å². The largest absolute Gasteiger partial charge is 0.458 e. The summed E-state index contributed by atoms with van der Waals surface area (Å²) in [5.41, 5.74) is -1.16. The minimum absolute atomic E-state index is 0.173. The molecule has 1 heterocycles. The third-order valence-corrected chi connectivity index (χ3v) is 13.8. The van der Waals surface area contributed by atoms with Crippen LogP contribution in [0.1, 0.15) is 243 Å². The molecule has 2 N–H and O–H groups in total. The monoisotopic (exact) mass is 1140 g/mol. The van der Waals surface area contributed by atoms with Gasteiger partial charge in [-0.25, -0.2) is 19.2 Å². The van der Waals surface area contributed by atoms with Gasteiger partial charge in [0.1, 0.15) is 48.8 Å². The fourth-order valence-corrected chi connectivity index (χ4v) is 9.61. The number of rotatable bonds is 43. The molecule has 0 radical (unpaired) electrons. The van der Waals surface area contributed by atoms with Crippen LogP contribution in [0.4, 0.5) is 0 Å². The number of esters is 4. The van der Waals surface area contributed by atoms with Crippen molar-refractivity contribution in [3.63, 3.8) is 0 Å². The van der Waals surface area contributed by atoms with E-state index in [1.165, 1.54) is 109 Å². The van der Waals surface area contributed by atoms with Gasteiger partial charge in [0, 0.05) is 6.42 Å². The molecule has 15 heteroatoms. The third-order valence-electron chi connectivity index (χ3n) is 13.8. The highest BCUT2D eigenvalue weighted by Crippen LogP contribution is 2.29. The maximum Gasteiger partial charge on any atom is 0.338 e. The molecule has 1 fully saturated rings. The van der Waals surface area contributed by atoms with Gasteiger partial charge in [0.15, 0.2) is 12.4 Å². The van der Waals surface area contributed by atoms with Crippen LogP contribution in [0.2, 0.25) is 0 Å². The van der Waals surface area contributed by atoms with Gasteiger partial charge in [-0.3, -0.25) is 4.79 Å². The van der Waals surface area contributed by atoms with Gasteiger partial charge < -0.3 is 48.3 Å². The van der Waals surface area contributed by atoms with Gasteiger partial charge in [-0.2, -0.15) is 0 Å². The Kier molecular flexibility index (Phi) is 36.0. The summed E-state index contributed by atoms with van der Waals surface area (Å²) in [7, 11) is 0. The smallest absolute Gasteiger partial charge is 0.338 e. The van der Waals surface area contributed by atoms with Crippen molar-refractivity contribution in [2.45, 2.75) is 276 Å². The molecule has 0 saturated carbocycles. The van der Waals surface area contributed by atoms with Crippen LogP contribution in [0.5, 0.6) is 0 Å². The Bertz CT molecular complexity index is 2030. The van der Waals surface area contributed by atoms with Crippen molar-refractivity contribution in [3.05, 3.63) is 83.9 Å². The lowest BCUT2D eigenvalue weighted by Gasteiger charge is -2.44. The molecule has 2 aromatic carbocycles. The van der Waals surface area contributed by atoms with Crippen LogP contribution in [0, 0.1) is 0 Å². The summed E-state index contributed by atoms with van der Waals surface area (Å²) >= 11 is 0. The topological polar surface area (TPSA) is 191 Å². The van der Waals surface area contributed by atoms with E-state index < -0.39 is 91.1 Å². The number of allylic oxidation sites excluding steroid dienone is 1. The zero-order valence-electron chi connectivity index (χ0n) is 50.9. The molecular weight excluding hydrogens is 1030 g/mol. The van der Waals surface area contributed by atoms with Crippen molar-refractivity contribution in [1.29, 1.82) is 0 Å². The highest BCUT2D eigenvalue weighted by molar-refractivity contribution is 5.90. The molecule has 458 valence electrons. The van der Waals surface area contributed by atoms with Crippen LogP contribution < -0.4 is 5.32 Å². The lowest BCUT2D eigenvalue weighted by molar-refractivity contribution is -0.309. The standard InChI is InChI=1S/C66H105NO14/c1-9-11-13-15-17-19-21-23-25-27-29-31-39-45-54(77-62(72)51-41-35-33-36-42-51)53(67-56(68)46-40-32-30-28-26-24-22-20-18-16-14-12-10-2)47-76-64-59(71)61(79-63(73)52-43-37-34-38-44-52)60(75-50-58(70)81-66(6,7)8)55(78-64)48-74-49-57(69)80-65(3,4)5/h33-39,41-45,53-55,59-61,64,71H,9-32,40,46-50H2,1-8H3,(H,67,68)/b45-39+/t53-,54+,55+,59+,60-,61+,64+/m0/s1. The molecule has 0 aliphatic carbocycles. The van der Waals surface area contributed by atoms with Crippen molar-refractivity contribution in [1.82, 2.24) is 5.32 Å². The number of amides is 1. The Hall–Kier alpha value is -4.67. The summed E-state index contributed by atoms with van der Waals surface area (Å²) in [5, 5.41) is 15.3. The SMILES string of the molecule is CCCCCCCCCCCCC/C=C/[C@@H](OC(=O)c1ccccc1)[C@H](CO[C@@H]1O[C@H](COCC(=O)OC(C)(C)C)[C@H](OCC(=O)OC(C)(C)C)[C@H](OC(=O)c2ccccc2)[C@H]1O)NC(=O)CCCCCCCCCCCCCCC. The number of hydrogen-bond acceptors (Lipinski definition) is 14. The predicted molar refractivity (Wildman–Crippen MR) is 317 cm³/mol. The average molecular weight is 1140 g/mol. The minimum Gasteiger partial charge on any atom is -0.458 e. The molecule has 7 atom stereocenters. The molecule has 1 aliphatic rings. The highest BCUT2D eigenvalue weighted by Gasteiger charge is 2.50. The zero-order valence-corrected chi connectivity index (χ0v) is 50.9. The first kappa shape index (κ1) is 70.6. The Morgan fingerprint density at radius 3 is 1.53 bits per heavy atom. The maximum absolute atomic E-state index is 14.0. The van der Waals surface area contributed by atoms with Gasteiger partial charge >= 0.3 is 23.9 Å². The van der Waals surface area contributed by atoms with Crippen LogP contribution >= 0.6 is 0 Å². The summed E-state index contributed by atoms with van der Waals surface area (Å²) < 4.78 is 48.0. The summed E-state index contributed by atoms with van der Waals surface area (Å²) in [6, 6.07) is 15.8. The van der Waals surface area contributed by atoms with Crippen LogP contribution in [0.15, 0.2) is 72.8 Å². The third kappa shape index (κ3) is 32.7. The first-order valence-corrected chi connectivity index (χ1v) is 31.0. The minimum atomic E-state index is -1.76. The number of aliphatic hydroxyl groups is 1. The van der Waals surface area contributed by atoms with Gasteiger partial charge in [-0.15, -0.1) is 0 Å². The van der Waals surface area contributed by atoms with E-state index in [1.54, 1.807) is 108 Å². The molecular formula is C66H105NO14. The fraction of sp³-hybridized carbons (Fsp3) is 0.712. The Balaban J connectivity index is 1.91. The molecule has 0 unspecified atom stereocenters. The number of unbranched alkanes of at least 4 members (excludes halogenated alkanes) is 23. The van der Waals surface area contributed by atoms with Crippen molar-refractivity contribution in [2.75, 3.05) is 26.4 Å². The number of carbonyl (C=O) groups excluding carboxylic acids is 5. The maximum atomic E-state index is 14.0. The molecule has 2 aromatic rings. The number of carbonyl (C=O) groups is 5. The Morgan fingerprint density at radius 1 is 0.580 bits per heavy atom. The summed E-state index contributed by atoms with van der Waals surface area (Å²) in [5.74, 6) is -3.08. The molecule has 1 amide bonds. The molecule has 81 heavy (non-hydrogen) atoms. The molecule has 3 rings (SSSR count). The fourth-order valence-electron chi connectivity index (χ4n) is 9.61. The second-order valence-electron chi connectivity index (χ2n) is 23.7. The summed E-state index contributed by atoms with van der Waals surface area (Å²) in [6.45, 7) is 12.9. The van der Waals surface area contributed by atoms with Gasteiger partial charge in [0.2, 0.25) is 5.91 Å². The van der Waals surface area contributed by atoms with E-state index in [1.807, 2.05) is 6.08 Å². The number of aliphatic hydroxyl groups excluding tert-OH is 1. The molecule has 15 nitrogen and oxygen atoms in total. The van der Waals surface area contributed by atoms with Crippen LogP contribution in [-0.2, 0) is 52.3 Å². The quantitative estimate of drug-likeness (QED) is 0.0276. The average Bonchev–Trinajstić information content (AvgIpc) is 3.49. The Morgan fingerprint density at radius 2 is 1.04 bits per heavy atom. The normalized spacial score (nSPS) is 18.3.